The minimum absolute atomic E-state index is 0.0480. The summed E-state index contributed by atoms with van der Waals surface area (Å²) in [6, 6.07) is 14.9. The molecule has 0 atom stereocenters. The van der Waals surface area contributed by atoms with Crippen molar-refractivity contribution in [2.24, 2.45) is 0 Å². The van der Waals surface area contributed by atoms with Crippen LogP contribution in [0.1, 0.15) is 26.3 Å². The van der Waals surface area contributed by atoms with E-state index in [9.17, 15) is 4.79 Å². The highest BCUT2D eigenvalue weighted by Crippen LogP contribution is 2.25. The third kappa shape index (κ3) is 4.25. The predicted octanol–water partition coefficient (Wildman–Crippen LogP) is 4.68. The first kappa shape index (κ1) is 15.9. The fraction of sp³-hybridized carbons (Fsp3) is 0.278. The number of urea groups is 1. The zero-order chi connectivity index (χ0) is 15.9. The van der Waals surface area contributed by atoms with Gasteiger partial charge in [0.1, 0.15) is 5.75 Å². The smallest absolute Gasteiger partial charge is 0.323 e. The lowest BCUT2D eigenvalue weighted by Gasteiger charge is -2.15. The summed E-state index contributed by atoms with van der Waals surface area (Å²) in [7, 11) is 0. The van der Waals surface area contributed by atoms with E-state index < -0.39 is 0 Å². The Kier molecular flexibility index (Phi) is 5.42. The Labute approximate surface area is 131 Å². The third-order valence-corrected chi connectivity index (χ3v) is 3.14. The van der Waals surface area contributed by atoms with Gasteiger partial charge in [0.2, 0.25) is 0 Å². The van der Waals surface area contributed by atoms with Crippen LogP contribution in [0.25, 0.3) is 0 Å². The molecule has 0 saturated heterocycles. The number of para-hydroxylation sites is 3. The van der Waals surface area contributed by atoms with Crippen molar-refractivity contribution >= 4 is 17.4 Å². The molecule has 4 heteroatoms. The van der Waals surface area contributed by atoms with Gasteiger partial charge in [0, 0.05) is 5.69 Å². The van der Waals surface area contributed by atoms with Crippen molar-refractivity contribution in [3.05, 3.63) is 54.1 Å². The van der Waals surface area contributed by atoms with Crippen molar-refractivity contribution in [2.75, 3.05) is 10.6 Å². The molecule has 0 aliphatic carbocycles. The summed E-state index contributed by atoms with van der Waals surface area (Å²) in [6.07, 6.45) is 0.913. The van der Waals surface area contributed by atoms with Gasteiger partial charge in [0.15, 0.2) is 0 Å². The van der Waals surface area contributed by atoms with Crippen LogP contribution < -0.4 is 15.4 Å². The van der Waals surface area contributed by atoms with Crippen molar-refractivity contribution in [3.63, 3.8) is 0 Å². The second-order valence-electron chi connectivity index (χ2n) is 5.25. The van der Waals surface area contributed by atoms with E-state index in [0.29, 0.717) is 11.4 Å². The van der Waals surface area contributed by atoms with E-state index in [1.165, 1.54) is 0 Å². The van der Waals surface area contributed by atoms with Gasteiger partial charge in [-0.05, 0) is 44.0 Å². The van der Waals surface area contributed by atoms with Crippen LogP contribution in [0.2, 0.25) is 0 Å². The summed E-state index contributed by atoms with van der Waals surface area (Å²) < 4.78 is 5.70. The number of nitrogens with one attached hydrogen (secondary N) is 2. The molecule has 0 bridgehead atoms. The number of carbonyl (C=O) groups is 1. The second-order valence-corrected chi connectivity index (χ2v) is 5.25. The van der Waals surface area contributed by atoms with Gasteiger partial charge in [-0.15, -0.1) is 0 Å². The molecule has 2 amide bonds. The highest BCUT2D eigenvalue weighted by molar-refractivity contribution is 6.01. The van der Waals surface area contributed by atoms with Crippen molar-refractivity contribution in [1.29, 1.82) is 0 Å². The number of rotatable bonds is 5. The molecule has 0 saturated carbocycles. The molecular weight excluding hydrogens is 276 g/mol. The standard InChI is InChI=1S/C18H22N2O2/c1-4-14-9-5-6-10-15(14)19-18(21)20-16-11-7-8-12-17(16)22-13(2)3/h5-13H,4H2,1-3H3,(H2,19,20,21). The van der Waals surface area contributed by atoms with Gasteiger partial charge in [-0.25, -0.2) is 4.79 Å². The van der Waals surface area contributed by atoms with E-state index >= 15 is 0 Å². The number of amides is 2. The van der Waals surface area contributed by atoms with Gasteiger partial charge >= 0.3 is 6.03 Å². The lowest BCUT2D eigenvalue weighted by Crippen LogP contribution is -2.21. The maximum atomic E-state index is 12.2. The number of carbonyl (C=O) groups excluding carboxylic acids is 1. The van der Waals surface area contributed by atoms with Crippen LogP contribution in [-0.2, 0) is 6.42 Å². The summed E-state index contributed by atoms with van der Waals surface area (Å²) in [4.78, 5) is 12.2. The molecule has 0 aliphatic heterocycles. The fourth-order valence-corrected chi connectivity index (χ4v) is 2.15. The van der Waals surface area contributed by atoms with Gasteiger partial charge in [-0.1, -0.05) is 37.3 Å². The van der Waals surface area contributed by atoms with Crippen molar-refractivity contribution in [2.45, 2.75) is 33.3 Å². The maximum Gasteiger partial charge on any atom is 0.323 e. The van der Waals surface area contributed by atoms with E-state index in [0.717, 1.165) is 17.7 Å². The summed E-state index contributed by atoms with van der Waals surface area (Å²) >= 11 is 0. The minimum atomic E-state index is -0.277. The third-order valence-electron chi connectivity index (χ3n) is 3.14. The zero-order valence-corrected chi connectivity index (χ0v) is 13.2. The molecule has 0 unspecified atom stereocenters. The van der Waals surface area contributed by atoms with Gasteiger partial charge in [-0.2, -0.15) is 0 Å². The first-order chi connectivity index (χ1) is 10.6. The van der Waals surface area contributed by atoms with Crippen LogP contribution in [0.4, 0.5) is 16.2 Å². The first-order valence-corrected chi connectivity index (χ1v) is 7.51. The molecule has 0 spiro atoms. The number of hydrogen-bond acceptors (Lipinski definition) is 2. The lowest BCUT2D eigenvalue weighted by molar-refractivity contribution is 0.243. The predicted molar refractivity (Wildman–Crippen MR) is 90.7 cm³/mol. The number of ether oxygens (including phenoxy) is 1. The fourth-order valence-electron chi connectivity index (χ4n) is 2.15. The van der Waals surface area contributed by atoms with Crippen molar-refractivity contribution in [3.8, 4) is 5.75 Å². The monoisotopic (exact) mass is 298 g/mol. The zero-order valence-electron chi connectivity index (χ0n) is 13.2. The topological polar surface area (TPSA) is 50.4 Å². The molecule has 0 heterocycles. The van der Waals surface area contributed by atoms with Gasteiger partial charge in [-0.3, -0.25) is 0 Å². The lowest BCUT2D eigenvalue weighted by atomic mass is 10.1. The summed E-state index contributed by atoms with van der Waals surface area (Å²) in [6.45, 7) is 5.97. The highest BCUT2D eigenvalue weighted by atomic mass is 16.5. The molecule has 0 radical (unpaired) electrons. The number of hydrogen-bond donors (Lipinski definition) is 2. The Morgan fingerprint density at radius 2 is 1.59 bits per heavy atom. The minimum Gasteiger partial charge on any atom is -0.489 e. The first-order valence-electron chi connectivity index (χ1n) is 7.51. The average Bonchev–Trinajstić information content (AvgIpc) is 2.49. The van der Waals surface area contributed by atoms with E-state index in [4.69, 9.17) is 4.74 Å². The molecule has 116 valence electrons. The molecule has 2 N–H and O–H groups in total. The van der Waals surface area contributed by atoms with Gasteiger partial charge in [0.05, 0.1) is 11.8 Å². The molecule has 0 aliphatic rings. The number of aryl methyl sites for hydroxylation is 1. The Balaban J connectivity index is 2.09. The Morgan fingerprint density at radius 3 is 2.27 bits per heavy atom. The largest absolute Gasteiger partial charge is 0.489 e. The molecule has 2 aromatic carbocycles. The number of anilines is 2. The average molecular weight is 298 g/mol. The van der Waals surface area contributed by atoms with E-state index in [1.807, 2.05) is 62.4 Å². The molecule has 22 heavy (non-hydrogen) atoms. The van der Waals surface area contributed by atoms with Gasteiger partial charge in [0.25, 0.3) is 0 Å². The molecular formula is C18H22N2O2. The molecule has 2 aromatic rings. The van der Waals surface area contributed by atoms with Crippen LogP contribution in [0, 0.1) is 0 Å². The molecule has 0 aromatic heterocycles. The van der Waals surface area contributed by atoms with E-state index in [-0.39, 0.29) is 12.1 Å². The van der Waals surface area contributed by atoms with Crippen LogP contribution >= 0.6 is 0 Å². The quantitative estimate of drug-likeness (QED) is 0.842. The molecule has 0 fully saturated rings. The highest BCUT2D eigenvalue weighted by Gasteiger charge is 2.10. The van der Waals surface area contributed by atoms with Crippen LogP contribution in [-0.4, -0.2) is 12.1 Å². The van der Waals surface area contributed by atoms with Crippen molar-refractivity contribution in [1.82, 2.24) is 0 Å². The summed E-state index contributed by atoms with van der Waals surface area (Å²) in [5.41, 5.74) is 2.58. The Morgan fingerprint density at radius 1 is 1.00 bits per heavy atom. The maximum absolute atomic E-state index is 12.2. The van der Waals surface area contributed by atoms with Crippen LogP contribution in [0.15, 0.2) is 48.5 Å². The Hall–Kier alpha value is -2.49. The second kappa shape index (κ2) is 7.50. The van der Waals surface area contributed by atoms with E-state index in [2.05, 4.69) is 17.6 Å². The Bertz CT molecular complexity index is 638. The number of benzene rings is 2. The van der Waals surface area contributed by atoms with Gasteiger partial charge < -0.3 is 15.4 Å². The van der Waals surface area contributed by atoms with Crippen LogP contribution in [0.3, 0.4) is 0 Å². The molecule has 4 nitrogen and oxygen atoms in total. The molecule has 2 rings (SSSR count). The van der Waals surface area contributed by atoms with Crippen molar-refractivity contribution < 1.29 is 9.53 Å². The summed E-state index contributed by atoms with van der Waals surface area (Å²) in [5, 5.41) is 5.73. The van der Waals surface area contributed by atoms with Crippen LogP contribution in [0.5, 0.6) is 5.75 Å². The normalized spacial score (nSPS) is 10.4. The van der Waals surface area contributed by atoms with E-state index in [1.54, 1.807) is 0 Å². The summed E-state index contributed by atoms with van der Waals surface area (Å²) in [5.74, 6) is 0.663. The SMILES string of the molecule is CCc1ccccc1NC(=O)Nc1ccccc1OC(C)C.